The maximum atomic E-state index is 12.8. The molecule has 9 heteroatoms. The fourth-order valence-corrected chi connectivity index (χ4v) is 3.95. The van der Waals surface area contributed by atoms with Gasteiger partial charge in [-0.25, -0.2) is 0 Å². The van der Waals surface area contributed by atoms with Crippen LogP contribution in [0.4, 0.5) is 0 Å². The van der Waals surface area contributed by atoms with E-state index in [-0.39, 0.29) is 30.4 Å². The van der Waals surface area contributed by atoms with Gasteiger partial charge >= 0.3 is 0 Å². The molecule has 0 aromatic heterocycles. The summed E-state index contributed by atoms with van der Waals surface area (Å²) in [4.78, 5) is 39.6. The van der Waals surface area contributed by atoms with Gasteiger partial charge in [-0.05, 0) is 26.7 Å². The highest BCUT2D eigenvalue weighted by molar-refractivity contribution is 5.85. The number of carbonyl (C=O) groups is 3. The molecule has 9 nitrogen and oxygen atoms in total. The van der Waals surface area contributed by atoms with Crippen molar-refractivity contribution in [1.82, 2.24) is 14.7 Å². The van der Waals surface area contributed by atoms with E-state index in [9.17, 15) is 9.59 Å². The molecule has 1 N–H and O–H groups in total. The number of carbonyl (C=O) groups excluding carboxylic acids is 2. The molecule has 0 radical (unpaired) electrons. The normalized spacial score (nSPS) is 22.0. The average Bonchev–Trinajstić information content (AvgIpc) is 2.87. The first-order chi connectivity index (χ1) is 14.4. The summed E-state index contributed by atoms with van der Waals surface area (Å²) in [5.41, 5.74) is 0.978. The van der Waals surface area contributed by atoms with Crippen molar-refractivity contribution < 1.29 is 29.0 Å². The van der Waals surface area contributed by atoms with Crippen LogP contribution in [0.15, 0.2) is 11.6 Å². The second-order valence-corrected chi connectivity index (χ2v) is 8.20. The molecule has 2 amide bonds. The highest BCUT2D eigenvalue weighted by atomic mass is 16.5. The summed E-state index contributed by atoms with van der Waals surface area (Å²) in [5, 5.41) is 6.89. The smallest absolute Gasteiger partial charge is 0.290 e. The summed E-state index contributed by atoms with van der Waals surface area (Å²) >= 11 is 0. The molecule has 0 aromatic rings. The van der Waals surface area contributed by atoms with Crippen molar-refractivity contribution in [3.8, 4) is 0 Å². The molecule has 30 heavy (non-hydrogen) atoms. The fraction of sp³-hybridized carbons (Fsp3) is 0.762. The Balaban J connectivity index is 0.00000101. The molecule has 3 saturated heterocycles. The van der Waals surface area contributed by atoms with E-state index in [1.165, 1.54) is 5.57 Å². The Bertz CT molecular complexity index is 606. The van der Waals surface area contributed by atoms with E-state index in [0.717, 1.165) is 32.5 Å². The van der Waals surface area contributed by atoms with E-state index in [4.69, 9.17) is 19.4 Å². The number of hydrogen-bond acceptors (Lipinski definition) is 6. The Kier molecular flexibility index (Phi) is 9.74. The fourth-order valence-electron chi connectivity index (χ4n) is 3.95. The lowest BCUT2D eigenvalue weighted by atomic mass is 9.87. The van der Waals surface area contributed by atoms with E-state index in [0.29, 0.717) is 45.9 Å². The number of carboxylic acid groups (broad SMARTS) is 1. The molecule has 170 valence electrons. The third-order valence-electron chi connectivity index (χ3n) is 5.81. The first kappa shape index (κ1) is 24.3. The minimum Gasteiger partial charge on any atom is -0.483 e. The number of nitrogens with zero attached hydrogens (tertiary/aromatic N) is 3. The Morgan fingerprint density at radius 3 is 2.33 bits per heavy atom. The van der Waals surface area contributed by atoms with Crippen LogP contribution in [-0.4, -0.2) is 109 Å². The van der Waals surface area contributed by atoms with Gasteiger partial charge in [0.1, 0.15) is 0 Å². The second kappa shape index (κ2) is 12.0. The van der Waals surface area contributed by atoms with Crippen LogP contribution in [0.3, 0.4) is 0 Å². The topological polar surface area (TPSA) is 99.6 Å². The lowest BCUT2D eigenvalue weighted by Crippen LogP contribution is -2.49. The molecule has 0 unspecified atom stereocenters. The van der Waals surface area contributed by atoms with Crippen molar-refractivity contribution in [2.24, 2.45) is 0 Å². The number of likely N-dealkylation sites (tertiary alicyclic amines) is 1. The molecule has 1 spiro atoms. The highest BCUT2D eigenvalue weighted by Gasteiger charge is 2.40. The van der Waals surface area contributed by atoms with Crippen molar-refractivity contribution >= 4 is 18.3 Å². The first-order valence-electron chi connectivity index (χ1n) is 10.6. The summed E-state index contributed by atoms with van der Waals surface area (Å²) in [5.74, 6) is 0.0611. The third-order valence-corrected chi connectivity index (χ3v) is 5.81. The van der Waals surface area contributed by atoms with E-state index in [1.807, 2.05) is 0 Å². The van der Waals surface area contributed by atoms with Gasteiger partial charge in [0.25, 0.3) is 6.47 Å². The number of piperidine rings is 1. The number of morpholine rings is 1. The molecule has 0 saturated carbocycles. The molecular formula is C21H35N3O6. The molecule has 3 aliphatic rings. The van der Waals surface area contributed by atoms with Crippen molar-refractivity contribution in [2.45, 2.75) is 38.7 Å². The summed E-state index contributed by atoms with van der Waals surface area (Å²) < 4.78 is 11.5. The van der Waals surface area contributed by atoms with Gasteiger partial charge in [-0.15, -0.1) is 0 Å². The van der Waals surface area contributed by atoms with Crippen LogP contribution in [0.5, 0.6) is 0 Å². The van der Waals surface area contributed by atoms with Crippen LogP contribution in [-0.2, 0) is 23.9 Å². The summed E-state index contributed by atoms with van der Waals surface area (Å²) in [7, 11) is 0. The maximum absolute atomic E-state index is 12.8. The van der Waals surface area contributed by atoms with Gasteiger partial charge in [-0.1, -0.05) is 11.6 Å². The van der Waals surface area contributed by atoms with Crippen molar-refractivity contribution in [3.05, 3.63) is 11.6 Å². The predicted molar refractivity (Wildman–Crippen MR) is 111 cm³/mol. The van der Waals surface area contributed by atoms with E-state index < -0.39 is 0 Å². The molecular weight excluding hydrogens is 390 g/mol. The molecule has 0 aliphatic carbocycles. The molecule has 3 fully saturated rings. The third kappa shape index (κ3) is 7.37. The van der Waals surface area contributed by atoms with Crippen LogP contribution < -0.4 is 0 Å². The van der Waals surface area contributed by atoms with Crippen molar-refractivity contribution in [2.75, 3.05) is 65.6 Å². The second-order valence-electron chi connectivity index (χ2n) is 8.20. The average molecular weight is 426 g/mol. The minimum absolute atomic E-state index is 0.0131. The van der Waals surface area contributed by atoms with E-state index in [1.54, 1.807) is 9.80 Å². The van der Waals surface area contributed by atoms with Gasteiger partial charge < -0.3 is 24.4 Å². The van der Waals surface area contributed by atoms with Crippen LogP contribution in [0.1, 0.15) is 33.1 Å². The number of rotatable bonds is 4. The van der Waals surface area contributed by atoms with Gasteiger partial charge in [0.2, 0.25) is 11.8 Å². The molecule has 3 heterocycles. The Morgan fingerprint density at radius 1 is 1.10 bits per heavy atom. The van der Waals surface area contributed by atoms with Crippen molar-refractivity contribution in [3.63, 3.8) is 0 Å². The molecule has 3 rings (SSSR count). The van der Waals surface area contributed by atoms with E-state index in [2.05, 4.69) is 24.8 Å². The largest absolute Gasteiger partial charge is 0.483 e. The number of amides is 2. The summed E-state index contributed by atoms with van der Waals surface area (Å²) in [6.45, 7) is 10.4. The zero-order chi connectivity index (χ0) is 22.0. The number of ether oxygens (including phenoxy) is 2. The van der Waals surface area contributed by atoms with E-state index >= 15 is 0 Å². The molecule has 0 atom stereocenters. The van der Waals surface area contributed by atoms with Crippen LogP contribution in [0.25, 0.3) is 0 Å². The van der Waals surface area contributed by atoms with Gasteiger partial charge in [-0.3, -0.25) is 19.3 Å². The highest BCUT2D eigenvalue weighted by Crippen LogP contribution is 2.32. The first-order valence-corrected chi connectivity index (χ1v) is 10.6. The Labute approximate surface area is 178 Å². The van der Waals surface area contributed by atoms with Crippen LogP contribution in [0, 0.1) is 0 Å². The summed E-state index contributed by atoms with van der Waals surface area (Å²) in [6, 6.07) is 0. The lowest BCUT2D eigenvalue weighted by Gasteiger charge is -2.40. The predicted octanol–water partition coefficient (Wildman–Crippen LogP) is 0.596. The molecule has 0 aromatic carbocycles. The van der Waals surface area contributed by atoms with Crippen molar-refractivity contribution in [1.29, 1.82) is 0 Å². The van der Waals surface area contributed by atoms with Gasteiger partial charge in [0.05, 0.1) is 38.4 Å². The maximum Gasteiger partial charge on any atom is 0.290 e. The van der Waals surface area contributed by atoms with Gasteiger partial charge in [-0.2, -0.15) is 0 Å². The Hall–Kier alpha value is -1.97. The lowest BCUT2D eigenvalue weighted by molar-refractivity contribution is -0.143. The van der Waals surface area contributed by atoms with Gasteiger partial charge in [0, 0.05) is 39.3 Å². The number of allylic oxidation sites excluding steroid dienone is 1. The van der Waals surface area contributed by atoms with Crippen LogP contribution in [0.2, 0.25) is 0 Å². The standard InChI is InChI=1S/C20H33N3O4.CH2O2/c1-17(2)3-6-21-7-4-20(5-8-21)15-18(24)23(11-14-27-20)16-19(25)22-9-12-26-13-10-22;2-1-3/h3H,4-16H2,1-2H3;1H,(H,2,3). The zero-order valence-electron chi connectivity index (χ0n) is 18.2. The summed E-state index contributed by atoms with van der Waals surface area (Å²) in [6.07, 6.45) is 4.39. The quantitative estimate of drug-likeness (QED) is 0.520. The van der Waals surface area contributed by atoms with Gasteiger partial charge in [0.15, 0.2) is 0 Å². The minimum atomic E-state index is -0.352. The van der Waals surface area contributed by atoms with Crippen LogP contribution >= 0.6 is 0 Å². The SMILES string of the molecule is CC(C)=CCN1CCC2(CC1)CC(=O)N(CC(=O)N1CCOCC1)CCO2.O=CO. The molecule has 0 bridgehead atoms. The zero-order valence-corrected chi connectivity index (χ0v) is 18.2. The monoisotopic (exact) mass is 425 g/mol. The Morgan fingerprint density at radius 2 is 1.73 bits per heavy atom. The molecule has 3 aliphatic heterocycles. The number of hydrogen-bond donors (Lipinski definition) is 1.